The summed E-state index contributed by atoms with van der Waals surface area (Å²) in [6.07, 6.45) is 2.45. The van der Waals surface area contributed by atoms with Gasteiger partial charge in [0.15, 0.2) is 5.17 Å². The highest BCUT2D eigenvalue weighted by atomic mass is 32.2. The lowest BCUT2D eigenvalue weighted by Gasteiger charge is -2.17. The van der Waals surface area contributed by atoms with Gasteiger partial charge in [-0.2, -0.15) is 0 Å². The Kier molecular flexibility index (Phi) is 7.66. The van der Waals surface area contributed by atoms with E-state index in [2.05, 4.69) is 10.3 Å². The zero-order chi connectivity index (χ0) is 24.9. The van der Waals surface area contributed by atoms with Crippen molar-refractivity contribution >= 4 is 40.1 Å². The number of anilines is 1. The van der Waals surface area contributed by atoms with Crippen molar-refractivity contribution in [3.8, 4) is 0 Å². The molecule has 4 rings (SSSR count). The summed E-state index contributed by atoms with van der Waals surface area (Å²) < 4.78 is 0. The number of benzene rings is 2. The van der Waals surface area contributed by atoms with E-state index in [9.17, 15) is 9.59 Å². The Balaban J connectivity index is 1.56. The third kappa shape index (κ3) is 5.80. The Hall–Kier alpha value is -3.45. The third-order valence-electron chi connectivity index (χ3n) is 6.10. The van der Waals surface area contributed by atoms with Crippen LogP contribution in [0.1, 0.15) is 34.4 Å². The van der Waals surface area contributed by atoms with Crippen molar-refractivity contribution in [3.63, 3.8) is 0 Å². The lowest BCUT2D eigenvalue weighted by atomic mass is 10.1. The number of carbonyl (C=O) groups is 2. The van der Waals surface area contributed by atoms with Crippen molar-refractivity contribution in [1.29, 1.82) is 0 Å². The maximum Gasteiger partial charge on any atom is 0.242 e. The number of aliphatic imine (C=N–C) groups is 1. The second-order valence-corrected chi connectivity index (χ2v) is 9.99. The Labute approximate surface area is 210 Å². The molecule has 1 aliphatic rings. The summed E-state index contributed by atoms with van der Waals surface area (Å²) in [6.45, 7) is 8.42. The molecular weight excluding hydrogens is 456 g/mol. The van der Waals surface area contributed by atoms with Crippen LogP contribution in [0.4, 0.5) is 11.4 Å². The number of thioether (sulfide) groups is 1. The number of pyridine rings is 1. The number of carbonyl (C=O) groups excluding carboxylic acids is 2. The Morgan fingerprint density at radius 3 is 2.26 bits per heavy atom. The van der Waals surface area contributed by atoms with Crippen molar-refractivity contribution in [3.05, 3.63) is 88.7 Å². The largest absolute Gasteiger partial charge is 0.326 e. The van der Waals surface area contributed by atoms with Gasteiger partial charge in [-0.3, -0.25) is 19.5 Å². The van der Waals surface area contributed by atoms with Crippen LogP contribution in [-0.2, 0) is 16.0 Å². The van der Waals surface area contributed by atoms with Crippen molar-refractivity contribution in [2.24, 2.45) is 4.99 Å². The minimum Gasteiger partial charge on any atom is -0.326 e. The van der Waals surface area contributed by atoms with E-state index in [-0.39, 0.29) is 18.2 Å². The average Bonchev–Trinajstić information content (AvgIpc) is 3.12. The summed E-state index contributed by atoms with van der Waals surface area (Å²) in [5.74, 6) is -0.265. The number of amides is 2. The SMILES string of the molecule is Cc1cccc(C)c1N=C1S[C@@H](CC(=O)Nc2c(C)cccc2C)C(=O)N1CCc1ccccn1. The van der Waals surface area contributed by atoms with E-state index >= 15 is 0 Å². The van der Waals surface area contributed by atoms with E-state index in [4.69, 9.17) is 4.99 Å². The molecule has 1 aromatic heterocycles. The van der Waals surface area contributed by atoms with Crippen LogP contribution in [0.25, 0.3) is 0 Å². The summed E-state index contributed by atoms with van der Waals surface area (Å²) in [4.78, 5) is 37.4. The van der Waals surface area contributed by atoms with Crippen LogP contribution in [0.15, 0.2) is 65.8 Å². The van der Waals surface area contributed by atoms with Crippen molar-refractivity contribution in [2.75, 3.05) is 11.9 Å². The molecule has 2 amide bonds. The highest BCUT2D eigenvalue weighted by molar-refractivity contribution is 8.15. The first-order valence-electron chi connectivity index (χ1n) is 11.7. The van der Waals surface area contributed by atoms with Crippen LogP contribution in [-0.4, -0.2) is 38.7 Å². The molecule has 3 aromatic rings. The lowest BCUT2D eigenvalue weighted by Crippen LogP contribution is -2.35. The molecule has 1 saturated heterocycles. The van der Waals surface area contributed by atoms with Crippen LogP contribution in [0.2, 0.25) is 0 Å². The number of hydrogen-bond donors (Lipinski definition) is 1. The maximum atomic E-state index is 13.4. The molecule has 1 fully saturated rings. The molecule has 2 heterocycles. The third-order valence-corrected chi connectivity index (χ3v) is 7.28. The molecular formula is C28H30N4O2S. The fourth-order valence-corrected chi connectivity index (χ4v) is 5.32. The summed E-state index contributed by atoms with van der Waals surface area (Å²) in [6, 6.07) is 17.7. The molecule has 1 aliphatic heterocycles. The van der Waals surface area contributed by atoms with E-state index in [1.54, 1.807) is 11.1 Å². The highest BCUT2D eigenvalue weighted by Gasteiger charge is 2.39. The monoisotopic (exact) mass is 486 g/mol. The molecule has 0 bridgehead atoms. The molecule has 1 atom stereocenters. The molecule has 7 heteroatoms. The average molecular weight is 487 g/mol. The number of para-hydroxylation sites is 2. The van der Waals surface area contributed by atoms with E-state index in [0.717, 1.165) is 39.3 Å². The van der Waals surface area contributed by atoms with Crippen LogP contribution >= 0.6 is 11.8 Å². The van der Waals surface area contributed by atoms with Gasteiger partial charge in [0.2, 0.25) is 11.8 Å². The molecule has 2 aromatic carbocycles. The fourth-order valence-electron chi connectivity index (χ4n) is 4.15. The standard InChI is InChI=1S/C28H30N4O2S/c1-18-9-7-10-19(2)25(18)30-24(33)17-23-27(34)32(16-14-22-13-5-6-15-29-22)28(35-23)31-26-20(3)11-8-12-21(26)4/h5-13,15,23H,14,16-17H2,1-4H3,(H,30,33)/t23-/m0/s1. The van der Waals surface area contributed by atoms with Crippen LogP contribution in [0, 0.1) is 27.7 Å². The van der Waals surface area contributed by atoms with Gasteiger partial charge >= 0.3 is 0 Å². The summed E-state index contributed by atoms with van der Waals surface area (Å²) in [7, 11) is 0. The van der Waals surface area contributed by atoms with Gasteiger partial charge in [0.1, 0.15) is 5.25 Å². The normalized spacial score (nSPS) is 16.7. The number of aromatic nitrogens is 1. The summed E-state index contributed by atoms with van der Waals surface area (Å²) in [5, 5.41) is 3.12. The van der Waals surface area contributed by atoms with Gasteiger partial charge in [0.25, 0.3) is 0 Å². The Morgan fingerprint density at radius 1 is 0.971 bits per heavy atom. The number of amidine groups is 1. The summed E-state index contributed by atoms with van der Waals surface area (Å²) >= 11 is 1.37. The number of aryl methyl sites for hydroxylation is 4. The number of nitrogens with one attached hydrogen (secondary N) is 1. The minimum atomic E-state index is -0.522. The van der Waals surface area contributed by atoms with Crippen molar-refractivity contribution < 1.29 is 9.59 Å². The van der Waals surface area contributed by atoms with E-state index in [1.165, 1.54) is 11.8 Å². The minimum absolute atomic E-state index is 0.0864. The molecule has 0 aliphatic carbocycles. The quantitative estimate of drug-likeness (QED) is 0.477. The fraction of sp³-hybridized carbons (Fsp3) is 0.286. The van der Waals surface area contributed by atoms with Gasteiger partial charge in [0.05, 0.1) is 5.69 Å². The van der Waals surface area contributed by atoms with Crippen LogP contribution in [0.3, 0.4) is 0 Å². The molecule has 0 radical (unpaired) electrons. The first-order valence-corrected chi connectivity index (χ1v) is 12.6. The van der Waals surface area contributed by atoms with E-state index in [0.29, 0.717) is 18.1 Å². The van der Waals surface area contributed by atoms with Gasteiger partial charge in [-0.05, 0) is 62.1 Å². The van der Waals surface area contributed by atoms with Crippen molar-refractivity contribution in [1.82, 2.24) is 9.88 Å². The maximum absolute atomic E-state index is 13.4. The number of rotatable bonds is 7. The predicted octanol–water partition coefficient (Wildman–Crippen LogP) is 5.52. The van der Waals surface area contributed by atoms with Gasteiger partial charge in [-0.25, -0.2) is 4.99 Å². The molecule has 0 unspecified atom stereocenters. The van der Waals surface area contributed by atoms with E-state index < -0.39 is 5.25 Å². The smallest absolute Gasteiger partial charge is 0.242 e. The highest BCUT2D eigenvalue weighted by Crippen LogP contribution is 2.34. The first-order chi connectivity index (χ1) is 16.8. The van der Waals surface area contributed by atoms with E-state index in [1.807, 2.05) is 82.3 Å². The van der Waals surface area contributed by atoms with Gasteiger partial charge < -0.3 is 5.32 Å². The molecule has 0 saturated carbocycles. The number of nitrogens with zero attached hydrogens (tertiary/aromatic N) is 3. The molecule has 6 nitrogen and oxygen atoms in total. The van der Waals surface area contributed by atoms with Crippen LogP contribution in [0.5, 0.6) is 0 Å². The van der Waals surface area contributed by atoms with Gasteiger partial charge in [0, 0.05) is 37.0 Å². The Morgan fingerprint density at radius 2 is 1.63 bits per heavy atom. The zero-order valence-corrected chi connectivity index (χ0v) is 21.4. The van der Waals surface area contributed by atoms with Gasteiger partial charge in [-0.1, -0.05) is 54.2 Å². The molecule has 35 heavy (non-hydrogen) atoms. The molecule has 0 spiro atoms. The molecule has 1 N–H and O–H groups in total. The predicted molar refractivity (Wildman–Crippen MR) is 143 cm³/mol. The summed E-state index contributed by atoms with van der Waals surface area (Å²) in [5.41, 5.74) is 6.68. The zero-order valence-electron chi connectivity index (χ0n) is 20.5. The van der Waals surface area contributed by atoms with Crippen molar-refractivity contribution in [2.45, 2.75) is 45.8 Å². The number of hydrogen-bond acceptors (Lipinski definition) is 5. The first kappa shape index (κ1) is 24.7. The lowest BCUT2D eigenvalue weighted by molar-refractivity contribution is -0.128. The second-order valence-electron chi connectivity index (χ2n) is 8.82. The Bertz CT molecular complexity index is 1230. The second kappa shape index (κ2) is 10.9. The molecule has 180 valence electrons. The van der Waals surface area contributed by atoms with Gasteiger partial charge in [-0.15, -0.1) is 0 Å². The van der Waals surface area contributed by atoms with Crippen LogP contribution < -0.4 is 5.32 Å². The topological polar surface area (TPSA) is 74.7 Å².